The zero-order chi connectivity index (χ0) is 13.1. The van der Waals surface area contributed by atoms with Crippen LogP contribution in [0.15, 0.2) is 42.7 Å². The van der Waals surface area contributed by atoms with Crippen molar-refractivity contribution in [3.63, 3.8) is 0 Å². The second-order valence-electron chi connectivity index (χ2n) is 5.42. The molecule has 0 radical (unpaired) electrons. The van der Waals surface area contributed by atoms with E-state index in [1.165, 1.54) is 31.2 Å². The van der Waals surface area contributed by atoms with Crippen molar-refractivity contribution in [3.8, 4) is 5.69 Å². The van der Waals surface area contributed by atoms with Crippen molar-refractivity contribution in [2.45, 2.75) is 31.7 Å². The number of nitrogens with zero attached hydrogens (tertiary/aromatic N) is 2. The van der Waals surface area contributed by atoms with Gasteiger partial charge in [-0.25, -0.2) is 4.68 Å². The van der Waals surface area contributed by atoms with Crippen molar-refractivity contribution in [1.29, 1.82) is 0 Å². The molecule has 1 atom stereocenters. The molecule has 1 fully saturated rings. The third-order valence-electron chi connectivity index (χ3n) is 3.93. The van der Waals surface area contributed by atoms with Crippen LogP contribution in [0.5, 0.6) is 0 Å². The van der Waals surface area contributed by atoms with Crippen LogP contribution in [0, 0.1) is 5.92 Å². The fraction of sp³-hybridized carbons (Fsp3) is 0.438. The first kappa shape index (κ1) is 12.4. The minimum absolute atomic E-state index is 0.429. The lowest BCUT2D eigenvalue weighted by atomic mass is 10.0. The van der Waals surface area contributed by atoms with E-state index in [1.54, 1.807) is 0 Å². The molecule has 2 aromatic rings. The van der Waals surface area contributed by atoms with Gasteiger partial charge in [-0.1, -0.05) is 31.0 Å². The Morgan fingerprint density at radius 2 is 2.11 bits per heavy atom. The van der Waals surface area contributed by atoms with Gasteiger partial charge in [0, 0.05) is 17.8 Å². The largest absolute Gasteiger partial charge is 0.313 e. The molecule has 3 nitrogen and oxygen atoms in total. The smallest absolute Gasteiger partial charge is 0.0645 e. The summed E-state index contributed by atoms with van der Waals surface area (Å²) < 4.78 is 1.96. The van der Waals surface area contributed by atoms with Crippen LogP contribution in [-0.4, -0.2) is 16.8 Å². The highest BCUT2D eigenvalue weighted by atomic mass is 15.3. The summed E-state index contributed by atoms with van der Waals surface area (Å²) in [6.45, 7) is 0. The van der Waals surface area contributed by atoms with Crippen molar-refractivity contribution in [2.75, 3.05) is 7.05 Å². The normalized spacial score (nSPS) is 16.5. The molecule has 1 N–H and O–H groups in total. The molecule has 3 rings (SSSR count). The van der Waals surface area contributed by atoms with Gasteiger partial charge in [0.2, 0.25) is 0 Å². The molecule has 0 spiro atoms. The molecule has 1 aromatic carbocycles. The lowest BCUT2D eigenvalue weighted by molar-refractivity contribution is 0.506. The van der Waals surface area contributed by atoms with Gasteiger partial charge in [0.25, 0.3) is 0 Å². The zero-order valence-electron chi connectivity index (χ0n) is 11.4. The summed E-state index contributed by atoms with van der Waals surface area (Å²) in [6.07, 6.45) is 9.54. The number of hydrogen-bond acceptors (Lipinski definition) is 2. The van der Waals surface area contributed by atoms with Crippen LogP contribution in [0.25, 0.3) is 5.69 Å². The van der Waals surface area contributed by atoms with Crippen LogP contribution >= 0.6 is 0 Å². The lowest BCUT2D eigenvalue weighted by Crippen LogP contribution is -2.15. The third kappa shape index (κ3) is 3.04. The van der Waals surface area contributed by atoms with E-state index in [-0.39, 0.29) is 0 Å². The van der Waals surface area contributed by atoms with E-state index in [9.17, 15) is 0 Å². The summed E-state index contributed by atoms with van der Waals surface area (Å²) in [6, 6.07) is 10.7. The highest BCUT2D eigenvalue weighted by Crippen LogP contribution is 2.35. The monoisotopic (exact) mass is 255 g/mol. The second kappa shape index (κ2) is 5.57. The van der Waals surface area contributed by atoms with Gasteiger partial charge >= 0.3 is 0 Å². The molecule has 1 saturated carbocycles. The zero-order valence-corrected chi connectivity index (χ0v) is 11.4. The molecule has 1 aliphatic carbocycles. The number of hydrogen-bond donors (Lipinski definition) is 1. The fourth-order valence-corrected chi connectivity index (χ4v) is 2.53. The summed E-state index contributed by atoms with van der Waals surface area (Å²) >= 11 is 0. The van der Waals surface area contributed by atoms with E-state index in [0.717, 1.165) is 11.6 Å². The Bertz CT molecular complexity index is 514. The standard InChI is InChI=1S/C16H21N3/c1-17-16(10-9-13-7-8-13)14-11-18-19(12-14)15-5-3-2-4-6-15/h2-6,11-13,16-17H,7-10H2,1H3. The second-order valence-corrected chi connectivity index (χ2v) is 5.42. The van der Waals surface area contributed by atoms with Crippen LogP contribution in [-0.2, 0) is 0 Å². The average Bonchev–Trinajstić information content (AvgIpc) is 3.16. The van der Waals surface area contributed by atoms with E-state index in [2.05, 4.69) is 28.7 Å². The van der Waals surface area contributed by atoms with Gasteiger partial charge in [0.15, 0.2) is 0 Å². The molecule has 0 amide bonds. The molecule has 1 heterocycles. The molecule has 19 heavy (non-hydrogen) atoms. The number of rotatable bonds is 6. The molecule has 1 aromatic heterocycles. The Kier molecular flexibility index (Phi) is 3.65. The van der Waals surface area contributed by atoms with Gasteiger partial charge in [-0.2, -0.15) is 5.10 Å². The average molecular weight is 255 g/mol. The number of aromatic nitrogens is 2. The predicted molar refractivity (Wildman–Crippen MR) is 77.3 cm³/mol. The molecular weight excluding hydrogens is 234 g/mol. The fourth-order valence-electron chi connectivity index (χ4n) is 2.53. The molecule has 3 heteroatoms. The first-order valence-corrected chi connectivity index (χ1v) is 7.14. The number of benzene rings is 1. The summed E-state index contributed by atoms with van der Waals surface area (Å²) in [5.41, 5.74) is 2.40. The Labute approximate surface area is 114 Å². The minimum atomic E-state index is 0.429. The minimum Gasteiger partial charge on any atom is -0.313 e. The van der Waals surface area contributed by atoms with E-state index in [1.807, 2.05) is 36.1 Å². The molecule has 0 aliphatic heterocycles. The summed E-state index contributed by atoms with van der Waals surface area (Å²) in [5.74, 6) is 0.986. The van der Waals surface area contributed by atoms with Crippen LogP contribution in [0.1, 0.15) is 37.3 Å². The SMILES string of the molecule is CNC(CCC1CC1)c1cnn(-c2ccccc2)c1. The number of para-hydroxylation sites is 1. The maximum atomic E-state index is 4.47. The Morgan fingerprint density at radius 1 is 1.32 bits per heavy atom. The Morgan fingerprint density at radius 3 is 2.79 bits per heavy atom. The lowest BCUT2D eigenvalue weighted by Gasteiger charge is -2.13. The molecule has 0 bridgehead atoms. The molecule has 1 unspecified atom stereocenters. The van der Waals surface area contributed by atoms with E-state index < -0.39 is 0 Å². The van der Waals surface area contributed by atoms with Gasteiger partial charge in [-0.3, -0.25) is 0 Å². The van der Waals surface area contributed by atoms with Crippen molar-refractivity contribution >= 4 is 0 Å². The van der Waals surface area contributed by atoms with Crippen molar-refractivity contribution in [3.05, 3.63) is 48.3 Å². The number of nitrogens with one attached hydrogen (secondary N) is 1. The molecule has 0 saturated heterocycles. The molecule has 100 valence electrons. The third-order valence-corrected chi connectivity index (χ3v) is 3.93. The topological polar surface area (TPSA) is 29.9 Å². The maximum Gasteiger partial charge on any atom is 0.0645 e. The van der Waals surface area contributed by atoms with Gasteiger partial charge in [0.05, 0.1) is 11.9 Å². The first-order valence-electron chi connectivity index (χ1n) is 7.14. The summed E-state index contributed by atoms with van der Waals surface area (Å²) in [4.78, 5) is 0. The van der Waals surface area contributed by atoms with Crippen LogP contribution < -0.4 is 5.32 Å². The van der Waals surface area contributed by atoms with Gasteiger partial charge < -0.3 is 5.32 Å². The first-order chi connectivity index (χ1) is 9.36. The highest BCUT2D eigenvalue weighted by Gasteiger charge is 2.23. The quantitative estimate of drug-likeness (QED) is 0.858. The van der Waals surface area contributed by atoms with Crippen LogP contribution in [0.3, 0.4) is 0 Å². The maximum absolute atomic E-state index is 4.47. The van der Waals surface area contributed by atoms with E-state index in [4.69, 9.17) is 0 Å². The van der Waals surface area contributed by atoms with Crippen molar-refractivity contribution < 1.29 is 0 Å². The van der Waals surface area contributed by atoms with Gasteiger partial charge in [-0.05, 0) is 37.9 Å². The molecule has 1 aliphatic rings. The van der Waals surface area contributed by atoms with Gasteiger partial charge in [0.1, 0.15) is 0 Å². The summed E-state index contributed by atoms with van der Waals surface area (Å²) in [7, 11) is 2.04. The molecular formula is C16H21N3. The van der Waals surface area contributed by atoms with Crippen LogP contribution in [0.2, 0.25) is 0 Å². The highest BCUT2D eigenvalue weighted by molar-refractivity contribution is 5.31. The predicted octanol–water partition coefficient (Wildman–Crippen LogP) is 3.32. The van der Waals surface area contributed by atoms with E-state index in [0.29, 0.717) is 6.04 Å². The van der Waals surface area contributed by atoms with Crippen molar-refractivity contribution in [2.24, 2.45) is 5.92 Å². The van der Waals surface area contributed by atoms with E-state index >= 15 is 0 Å². The Hall–Kier alpha value is -1.61. The summed E-state index contributed by atoms with van der Waals surface area (Å²) in [5, 5.41) is 7.89. The Balaban J connectivity index is 1.71. The van der Waals surface area contributed by atoms with Crippen LogP contribution in [0.4, 0.5) is 0 Å². The van der Waals surface area contributed by atoms with Gasteiger partial charge in [-0.15, -0.1) is 0 Å². The van der Waals surface area contributed by atoms with Crippen molar-refractivity contribution in [1.82, 2.24) is 15.1 Å².